The van der Waals surface area contributed by atoms with Gasteiger partial charge in [-0.2, -0.15) is 4.31 Å². The third-order valence-corrected chi connectivity index (χ3v) is 7.50. The zero-order chi connectivity index (χ0) is 24.7. The number of ether oxygens (including phenoxy) is 3. The van der Waals surface area contributed by atoms with E-state index in [0.717, 1.165) is 12.1 Å². The summed E-state index contributed by atoms with van der Waals surface area (Å²) in [7, 11) is -0.752. The number of nitrogens with zero attached hydrogens (tertiary/aromatic N) is 1. The molecule has 1 atom stereocenters. The van der Waals surface area contributed by atoms with Gasteiger partial charge in [0.15, 0.2) is 11.5 Å². The minimum Gasteiger partial charge on any atom is -0.493 e. The van der Waals surface area contributed by atoms with Crippen molar-refractivity contribution in [1.82, 2.24) is 9.62 Å². The molecule has 9 nitrogen and oxygen atoms in total. The fraction of sp³-hybridized carbons (Fsp3) is 0.435. The van der Waals surface area contributed by atoms with Crippen molar-refractivity contribution < 1.29 is 36.9 Å². The SMILES string of the molecule is COc1cccc(OC)c1OCC(O)CNC(=O)C1CCN(S(=O)(=O)c2ccc(F)cc2)CC1. The van der Waals surface area contributed by atoms with Crippen LogP contribution in [0.5, 0.6) is 17.2 Å². The van der Waals surface area contributed by atoms with Gasteiger partial charge in [-0.25, -0.2) is 12.8 Å². The minimum absolute atomic E-state index is 0.0200. The Morgan fingerprint density at radius 1 is 1.12 bits per heavy atom. The summed E-state index contributed by atoms with van der Waals surface area (Å²) in [6, 6.07) is 9.82. The molecular weight excluding hydrogens is 467 g/mol. The summed E-state index contributed by atoms with van der Waals surface area (Å²) in [5.41, 5.74) is 0. The highest BCUT2D eigenvalue weighted by atomic mass is 32.2. The van der Waals surface area contributed by atoms with Gasteiger partial charge in [0.1, 0.15) is 18.5 Å². The van der Waals surface area contributed by atoms with E-state index < -0.39 is 21.9 Å². The molecule has 0 aromatic heterocycles. The summed E-state index contributed by atoms with van der Waals surface area (Å²) in [5, 5.41) is 12.9. The number of aliphatic hydroxyl groups excluding tert-OH is 1. The van der Waals surface area contributed by atoms with Crippen LogP contribution in [0, 0.1) is 11.7 Å². The molecule has 186 valence electrons. The first-order chi connectivity index (χ1) is 16.3. The van der Waals surface area contributed by atoms with Crippen LogP contribution in [0.1, 0.15) is 12.8 Å². The number of hydrogen-bond acceptors (Lipinski definition) is 7. The normalized spacial score (nSPS) is 16.0. The van der Waals surface area contributed by atoms with Crippen LogP contribution in [-0.4, -0.2) is 70.3 Å². The molecule has 1 aliphatic rings. The van der Waals surface area contributed by atoms with Crippen molar-refractivity contribution in [3.05, 3.63) is 48.3 Å². The number of carbonyl (C=O) groups excluding carboxylic acids is 1. The number of halogens is 1. The average molecular weight is 497 g/mol. The number of hydrogen-bond donors (Lipinski definition) is 2. The Morgan fingerprint density at radius 2 is 1.71 bits per heavy atom. The lowest BCUT2D eigenvalue weighted by molar-refractivity contribution is -0.126. The number of benzene rings is 2. The zero-order valence-corrected chi connectivity index (χ0v) is 19.9. The number of methoxy groups -OCH3 is 2. The second kappa shape index (κ2) is 11.5. The van der Waals surface area contributed by atoms with Gasteiger partial charge in [-0.15, -0.1) is 0 Å². The molecule has 34 heavy (non-hydrogen) atoms. The summed E-state index contributed by atoms with van der Waals surface area (Å²) < 4.78 is 55.9. The van der Waals surface area contributed by atoms with Gasteiger partial charge in [-0.1, -0.05) is 6.07 Å². The quantitative estimate of drug-likeness (QED) is 0.516. The van der Waals surface area contributed by atoms with Gasteiger partial charge < -0.3 is 24.6 Å². The summed E-state index contributed by atoms with van der Waals surface area (Å²) in [6.07, 6.45) is -0.286. The Morgan fingerprint density at radius 3 is 2.26 bits per heavy atom. The number of sulfonamides is 1. The van der Waals surface area contributed by atoms with Crippen LogP contribution < -0.4 is 19.5 Å². The number of aliphatic hydroxyl groups is 1. The molecule has 2 aromatic rings. The van der Waals surface area contributed by atoms with Crippen LogP contribution in [0.4, 0.5) is 4.39 Å². The summed E-state index contributed by atoms with van der Waals surface area (Å²) in [4.78, 5) is 12.5. The lowest BCUT2D eigenvalue weighted by Crippen LogP contribution is -2.44. The molecule has 2 aromatic carbocycles. The maximum atomic E-state index is 13.1. The molecule has 2 N–H and O–H groups in total. The maximum absolute atomic E-state index is 13.1. The number of para-hydroxylation sites is 1. The summed E-state index contributed by atoms with van der Waals surface area (Å²) in [5.74, 6) is 0.127. The standard InChI is InChI=1S/C23H29FN2O7S/c1-31-20-4-3-5-21(32-2)22(20)33-15-18(27)14-25-23(28)16-10-12-26(13-11-16)34(29,30)19-8-6-17(24)7-9-19/h3-9,16,18,27H,10-15H2,1-2H3,(H,25,28). The average Bonchev–Trinajstić information content (AvgIpc) is 2.86. The van der Waals surface area contributed by atoms with Gasteiger partial charge in [0.25, 0.3) is 0 Å². The number of carbonyl (C=O) groups is 1. The third kappa shape index (κ3) is 6.16. The lowest BCUT2D eigenvalue weighted by atomic mass is 9.97. The monoisotopic (exact) mass is 496 g/mol. The van der Waals surface area contributed by atoms with Crippen molar-refractivity contribution in [2.75, 3.05) is 40.5 Å². The van der Waals surface area contributed by atoms with E-state index in [1.54, 1.807) is 18.2 Å². The largest absolute Gasteiger partial charge is 0.493 e. The van der Waals surface area contributed by atoms with Gasteiger partial charge in [-0.3, -0.25) is 4.79 Å². The Labute approximate surface area is 198 Å². The van der Waals surface area contributed by atoms with Crippen LogP contribution in [0.15, 0.2) is 47.4 Å². The van der Waals surface area contributed by atoms with Crippen molar-refractivity contribution in [1.29, 1.82) is 0 Å². The molecular formula is C23H29FN2O7S. The number of rotatable bonds is 10. The molecule has 0 aliphatic carbocycles. The van der Waals surface area contributed by atoms with Crippen molar-refractivity contribution in [2.24, 2.45) is 5.92 Å². The van der Waals surface area contributed by atoms with Crippen molar-refractivity contribution >= 4 is 15.9 Å². The highest BCUT2D eigenvalue weighted by Crippen LogP contribution is 2.36. The van der Waals surface area contributed by atoms with E-state index >= 15 is 0 Å². The summed E-state index contributed by atoms with van der Waals surface area (Å²) >= 11 is 0. The van der Waals surface area contributed by atoms with E-state index in [9.17, 15) is 22.7 Å². The minimum atomic E-state index is -3.74. The molecule has 1 saturated heterocycles. The molecule has 1 fully saturated rings. The predicted octanol–water partition coefficient (Wildman–Crippen LogP) is 1.80. The lowest BCUT2D eigenvalue weighted by Gasteiger charge is -2.30. The third-order valence-electron chi connectivity index (χ3n) is 5.59. The van der Waals surface area contributed by atoms with Crippen LogP contribution in [0.25, 0.3) is 0 Å². The molecule has 11 heteroatoms. The fourth-order valence-electron chi connectivity index (χ4n) is 3.67. The number of nitrogens with one attached hydrogen (secondary N) is 1. The van der Waals surface area contributed by atoms with Crippen LogP contribution >= 0.6 is 0 Å². The van der Waals surface area contributed by atoms with E-state index in [0.29, 0.717) is 30.1 Å². The molecule has 1 aliphatic heterocycles. The highest BCUT2D eigenvalue weighted by molar-refractivity contribution is 7.89. The first kappa shape index (κ1) is 25.7. The Balaban J connectivity index is 1.46. The molecule has 3 rings (SSSR count). The van der Waals surface area contributed by atoms with E-state index in [1.807, 2.05) is 0 Å². The molecule has 1 heterocycles. The molecule has 0 saturated carbocycles. The van der Waals surface area contributed by atoms with E-state index in [2.05, 4.69) is 5.32 Å². The topological polar surface area (TPSA) is 114 Å². The van der Waals surface area contributed by atoms with Crippen LogP contribution in [0.3, 0.4) is 0 Å². The van der Waals surface area contributed by atoms with Gasteiger partial charge in [0.05, 0.1) is 19.1 Å². The predicted molar refractivity (Wildman–Crippen MR) is 122 cm³/mol. The summed E-state index contributed by atoms with van der Waals surface area (Å²) in [6.45, 7) is 0.240. The molecule has 1 amide bonds. The van der Waals surface area contributed by atoms with Crippen molar-refractivity contribution in [3.8, 4) is 17.2 Å². The molecule has 1 unspecified atom stereocenters. The second-order valence-corrected chi connectivity index (χ2v) is 9.77. The van der Waals surface area contributed by atoms with Gasteiger partial charge in [0.2, 0.25) is 21.7 Å². The smallest absolute Gasteiger partial charge is 0.243 e. The zero-order valence-electron chi connectivity index (χ0n) is 19.1. The first-order valence-corrected chi connectivity index (χ1v) is 12.3. The molecule has 0 radical (unpaired) electrons. The number of piperidine rings is 1. The molecule has 0 bridgehead atoms. The maximum Gasteiger partial charge on any atom is 0.243 e. The fourth-order valence-corrected chi connectivity index (χ4v) is 5.14. The van der Waals surface area contributed by atoms with E-state index in [1.165, 1.54) is 30.7 Å². The Kier molecular flexibility index (Phi) is 8.70. The van der Waals surface area contributed by atoms with Crippen molar-refractivity contribution in [3.63, 3.8) is 0 Å². The van der Waals surface area contributed by atoms with Crippen LogP contribution in [-0.2, 0) is 14.8 Å². The van der Waals surface area contributed by atoms with E-state index in [-0.39, 0.29) is 43.0 Å². The first-order valence-electron chi connectivity index (χ1n) is 10.8. The van der Waals surface area contributed by atoms with Gasteiger partial charge in [-0.05, 0) is 49.2 Å². The number of amides is 1. The molecule has 0 spiro atoms. The Hall–Kier alpha value is -2.89. The second-order valence-electron chi connectivity index (χ2n) is 7.83. The Bertz CT molecular complexity index is 1050. The van der Waals surface area contributed by atoms with E-state index in [4.69, 9.17) is 14.2 Å². The van der Waals surface area contributed by atoms with Gasteiger partial charge >= 0.3 is 0 Å². The van der Waals surface area contributed by atoms with Gasteiger partial charge in [0, 0.05) is 25.6 Å². The van der Waals surface area contributed by atoms with Crippen molar-refractivity contribution in [2.45, 2.75) is 23.8 Å². The van der Waals surface area contributed by atoms with Crippen LogP contribution in [0.2, 0.25) is 0 Å². The highest BCUT2D eigenvalue weighted by Gasteiger charge is 2.32.